The Morgan fingerprint density at radius 3 is 1.09 bits per heavy atom. The molecule has 0 atom stereocenters. The molecule has 1 aromatic carbocycles. The highest BCUT2D eigenvalue weighted by molar-refractivity contribution is 6.01. The first-order valence-corrected chi connectivity index (χ1v) is 22.4. The van der Waals surface area contributed by atoms with Gasteiger partial charge >= 0.3 is 0 Å². The van der Waals surface area contributed by atoms with Crippen molar-refractivity contribution in [2.75, 3.05) is 0 Å². The number of aromatic nitrogens is 4. The molecule has 4 nitrogen and oxygen atoms in total. The first kappa shape index (κ1) is 37.4. The standard InChI is InChI=1S/C52H64N4/c1-29-30(2)46-42(38-23-15-10-16-24-38)48-33(5)34(6)50(55-48)44(40-27-19-12-20-28-40)52-36(8)35(7)51(56-52)43(39-25-17-11-18-26-39)49-32(4)31(3)47(54-49)41(45(29)53-46)37-21-13-9-14-22-37/h9,13-14,21-22,38-40,53-54H,10-12,15-20,23-28H2,1-8H3. The Morgan fingerprint density at radius 2 is 0.714 bits per heavy atom. The van der Waals surface area contributed by atoms with Gasteiger partial charge in [0.05, 0.1) is 33.8 Å². The average molecular weight is 745 g/mol. The third-order valence-corrected chi connectivity index (χ3v) is 15.3. The Kier molecular flexibility index (Phi) is 9.99. The highest BCUT2D eigenvalue weighted by Gasteiger charge is 2.34. The molecule has 5 aliphatic rings. The Morgan fingerprint density at radius 1 is 0.393 bits per heavy atom. The van der Waals surface area contributed by atoms with Crippen molar-refractivity contribution in [3.05, 3.63) is 92.1 Å². The van der Waals surface area contributed by atoms with E-state index in [1.165, 1.54) is 214 Å². The molecule has 292 valence electrons. The van der Waals surface area contributed by atoms with Crippen molar-refractivity contribution < 1.29 is 0 Å². The number of aryl methyl sites for hydroxylation is 4. The lowest BCUT2D eigenvalue weighted by Crippen LogP contribution is -2.10. The fourth-order valence-corrected chi connectivity index (χ4v) is 11.5. The molecular weight excluding hydrogens is 681 g/mol. The Hall–Kier alpha value is -4.18. The number of H-pyrrole nitrogens is 2. The van der Waals surface area contributed by atoms with Gasteiger partial charge in [-0.05, 0) is 162 Å². The molecule has 3 saturated carbocycles. The summed E-state index contributed by atoms with van der Waals surface area (Å²) < 4.78 is 0. The van der Waals surface area contributed by atoms with Gasteiger partial charge in [-0.2, -0.15) is 0 Å². The Bertz CT molecular complexity index is 2290. The summed E-state index contributed by atoms with van der Waals surface area (Å²) >= 11 is 0. The van der Waals surface area contributed by atoms with Gasteiger partial charge < -0.3 is 9.97 Å². The van der Waals surface area contributed by atoms with Crippen LogP contribution in [0.4, 0.5) is 0 Å². The van der Waals surface area contributed by atoms with E-state index in [9.17, 15) is 0 Å². The number of fused-ring (bicyclic) bond motifs is 8. The average Bonchev–Trinajstić information content (AvgIpc) is 3.89. The van der Waals surface area contributed by atoms with Crippen LogP contribution in [0.25, 0.3) is 55.5 Å². The molecule has 3 fully saturated rings. The predicted molar refractivity (Wildman–Crippen MR) is 239 cm³/mol. The number of rotatable bonds is 4. The van der Waals surface area contributed by atoms with E-state index >= 15 is 0 Å². The molecule has 5 heterocycles. The predicted octanol–water partition coefficient (Wildman–Crippen LogP) is 15.3. The molecule has 0 spiro atoms. The van der Waals surface area contributed by atoms with Crippen LogP contribution in [0, 0.1) is 27.7 Å². The monoisotopic (exact) mass is 745 g/mol. The summed E-state index contributed by atoms with van der Waals surface area (Å²) in [6.45, 7) is 18.9. The molecular formula is C52H64N4. The van der Waals surface area contributed by atoms with Crippen molar-refractivity contribution >= 4 is 44.4 Å². The van der Waals surface area contributed by atoms with E-state index in [2.05, 4.69) is 95.7 Å². The third-order valence-electron chi connectivity index (χ3n) is 15.3. The minimum atomic E-state index is 0.478. The molecule has 9 rings (SSSR count). The largest absolute Gasteiger partial charge is 0.354 e. The van der Waals surface area contributed by atoms with Gasteiger partial charge in [-0.25, -0.2) is 9.97 Å². The Labute approximate surface area is 335 Å². The molecule has 4 heteroatoms. The summed E-state index contributed by atoms with van der Waals surface area (Å²) in [5, 5.41) is 0. The fraction of sp³-hybridized carbons (Fsp3) is 0.500. The van der Waals surface area contributed by atoms with E-state index in [0.29, 0.717) is 17.8 Å². The zero-order valence-electron chi connectivity index (χ0n) is 35.6. The second-order valence-corrected chi connectivity index (χ2v) is 18.4. The van der Waals surface area contributed by atoms with Crippen LogP contribution in [0.2, 0.25) is 0 Å². The summed E-state index contributed by atoms with van der Waals surface area (Å²) in [5.41, 5.74) is 27.6. The molecule has 8 bridgehead atoms. The highest BCUT2D eigenvalue weighted by atomic mass is 14.8. The summed E-state index contributed by atoms with van der Waals surface area (Å²) in [6.07, 6.45) is 19.1. The number of nitrogens with zero attached hydrogens (tertiary/aromatic N) is 2. The van der Waals surface area contributed by atoms with Gasteiger partial charge in [-0.1, -0.05) is 88.1 Å². The molecule has 0 saturated heterocycles. The first-order valence-electron chi connectivity index (χ1n) is 22.4. The van der Waals surface area contributed by atoms with Crippen molar-refractivity contribution in [3.8, 4) is 11.1 Å². The van der Waals surface area contributed by atoms with Crippen LogP contribution in [0.3, 0.4) is 0 Å². The molecule has 56 heavy (non-hydrogen) atoms. The van der Waals surface area contributed by atoms with Crippen LogP contribution in [0.5, 0.6) is 0 Å². The van der Waals surface area contributed by atoms with Gasteiger partial charge in [0, 0.05) is 33.3 Å². The van der Waals surface area contributed by atoms with Crippen LogP contribution < -0.4 is 0 Å². The van der Waals surface area contributed by atoms with Crippen molar-refractivity contribution in [2.45, 2.75) is 169 Å². The van der Waals surface area contributed by atoms with Gasteiger partial charge in [-0.15, -0.1) is 0 Å². The highest BCUT2D eigenvalue weighted by Crippen LogP contribution is 2.49. The van der Waals surface area contributed by atoms with E-state index in [1.54, 1.807) is 0 Å². The number of hydrogen-bond acceptors (Lipinski definition) is 2. The lowest BCUT2D eigenvalue weighted by Gasteiger charge is -2.24. The van der Waals surface area contributed by atoms with Crippen LogP contribution in [0.15, 0.2) is 30.3 Å². The number of aromatic amines is 2. The zero-order chi connectivity index (χ0) is 38.8. The zero-order valence-corrected chi connectivity index (χ0v) is 35.6. The summed E-state index contributed by atoms with van der Waals surface area (Å²) in [6, 6.07) is 11.1. The van der Waals surface area contributed by atoms with E-state index in [1.807, 2.05) is 0 Å². The van der Waals surface area contributed by atoms with Crippen molar-refractivity contribution in [1.29, 1.82) is 0 Å². The Balaban J connectivity index is 1.55. The number of allylic oxidation sites excluding steroid dienone is 4. The number of nitrogens with one attached hydrogen (secondary N) is 2. The van der Waals surface area contributed by atoms with Gasteiger partial charge in [-0.3, -0.25) is 0 Å². The minimum Gasteiger partial charge on any atom is -0.354 e. The maximum Gasteiger partial charge on any atom is 0.0726 e. The van der Waals surface area contributed by atoms with E-state index in [0.717, 1.165) is 0 Å². The number of hydrogen-bond donors (Lipinski definition) is 2. The van der Waals surface area contributed by atoms with Crippen LogP contribution in [-0.4, -0.2) is 19.9 Å². The maximum atomic E-state index is 5.93. The van der Waals surface area contributed by atoms with Gasteiger partial charge in [0.15, 0.2) is 0 Å². The first-order chi connectivity index (χ1) is 27.2. The SMILES string of the molecule is CC1=C(C)c2nc1c(C1CCCCC1)c1nc(c(C3CCCCC3)c3[nH]c(c(C)c3C)c(-c3ccccc3)c3[nH]c(c(C)c3C)c2C2CCCCC2)C(C)=C1C. The molecule has 2 aliphatic heterocycles. The smallest absolute Gasteiger partial charge is 0.0726 e. The van der Waals surface area contributed by atoms with Crippen molar-refractivity contribution in [1.82, 2.24) is 19.9 Å². The molecule has 0 amide bonds. The second kappa shape index (κ2) is 15.0. The molecule has 0 radical (unpaired) electrons. The van der Waals surface area contributed by atoms with E-state index in [-0.39, 0.29) is 0 Å². The van der Waals surface area contributed by atoms with Gasteiger partial charge in [0.25, 0.3) is 0 Å². The maximum absolute atomic E-state index is 5.93. The lowest BCUT2D eigenvalue weighted by molar-refractivity contribution is 0.440. The lowest BCUT2D eigenvalue weighted by atomic mass is 9.80. The fourth-order valence-electron chi connectivity index (χ4n) is 11.5. The minimum absolute atomic E-state index is 0.478. The summed E-state index contributed by atoms with van der Waals surface area (Å²) in [4.78, 5) is 20.3. The van der Waals surface area contributed by atoms with E-state index in [4.69, 9.17) is 9.97 Å². The van der Waals surface area contributed by atoms with Crippen LogP contribution >= 0.6 is 0 Å². The van der Waals surface area contributed by atoms with Crippen molar-refractivity contribution in [2.24, 2.45) is 0 Å². The molecule has 3 aromatic heterocycles. The van der Waals surface area contributed by atoms with Gasteiger partial charge in [0.1, 0.15) is 0 Å². The van der Waals surface area contributed by atoms with Crippen LogP contribution in [0.1, 0.15) is 203 Å². The van der Waals surface area contributed by atoms with E-state index < -0.39 is 0 Å². The normalized spacial score (nSPS) is 19.1. The molecule has 0 unspecified atom stereocenters. The third kappa shape index (κ3) is 6.07. The van der Waals surface area contributed by atoms with Crippen molar-refractivity contribution in [3.63, 3.8) is 0 Å². The molecule has 4 aromatic rings. The topological polar surface area (TPSA) is 57.4 Å². The van der Waals surface area contributed by atoms with Gasteiger partial charge in [0.2, 0.25) is 0 Å². The molecule has 3 aliphatic carbocycles. The van der Waals surface area contributed by atoms with Crippen LogP contribution in [-0.2, 0) is 0 Å². The number of benzene rings is 1. The summed E-state index contributed by atoms with van der Waals surface area (Å²) in [7, 11) is 0. The quantitative estimate of drug-likeness (QED) is 0.219. The molecule has 2 N–H and O–H groups in total. The summed E-state index contributed by atoms with van der Waals surface area (Å²) in [5.74, 6) is 1.44. The second-order valence-electron chi connectivity index (χ2n) is 18.4.